The van der Waals surface area contributed by atoms with Crippen molar-refractivity contribution in [2.24, 2.45) is 5.16 Å². The monoisotopic (exact) mass is 737 g/mol. The molecule has 52 heavy (non-hydrogen) atoms. The highest BCUT2D eigenvalue weighted by Crippen LogP contribution is 2.42. The summed E-state index contributed by atoms with van der Waals surface area (Å²) in [6.07, 6.45) is 3.09. The number of β-lactam (4-membered cyclic amide) rings is 1. The van der Waals surface area contributed by atoms with Gasteiger partial charge in [-0.25, -0.2) is 9.78 Å². The Morgan fingerprint density at radius 3 is 2.08 bits per heavy atom. The second kappa shape index (κ2) is 15.6. The van der Waals surface area contributed by atoms with E-state index < -0.39 is 41.0 Å². The molecule has 2 aliphatic rings. The number of thiazole rings is 1. The summed E-state index contributed by atoms with van der Waals surface area (Å²) >= 11 is 2.65. The van der Waals surface area contributed by atoms with Gasteiger partial charge in [0.25, 0.3) is 11.8 Å². The van der Waals surface area contributed by atoms with Crippen LogP contribution in [0.4, 0.5) is 5.13 Å². The number of esters is 1. The molecule has 0 aliphatic carbocycles. The Balaban J connectivity index is 1.28. The van der Waals surface area contributed by atoms with Gasteiger partial charge >= 0.3 is 5.97 Å². The Hall–Kier alpha value is -5.24. The van der Waals surface area contributed by atoms with Crippen LogP contribution in [0.1, 0.15) is 43.2 Å². The lowest BCUT2D eigenvalue weighted by molar-refractivity contribution is -0.160. The molecule has 2 amide bonds. The van der Waals surface area contributed by atoms with E-state index in [4.69, 9.17) is 14.6 Å². The van der Waals surface area contributed by atoms with Crippen LogP contribution < -0.4 is 10.6 Å². The summed E-state index contributed by atoms with van der Waals surface area (Å²) in [5.41, 5.74) is 1.54. The number of nitrogens with one attached hydrogen (secondary N) is 2. The molecule has 4 aromatic rings. The molecule has 13 heteroatoms. The van der Waals surface area contributed by atoms with Gasteiger partial charge in [-0.2, -0.15) is 0 Å². The summed E-state index contributed by atoms with van der Waals surface area (Å²) in [6.45, 7) is 4.99. The van der Waals surface area contributed by atoms with Crippen molar-refractivity contribution in [2.45, 2.75) is 44.0 Å². The molecule has 1 aromatic heterocycles. The molecule has 3 heterocycles. The number of aromatic nitrogens is 1. The number of oxime groups is 1. The van der Waals surface area contributed by atoms with Gasteiger partial charge in [0.1, 0.15) is 35.7 Å². The number of thioether (sulfide) groups is 1. The van der Waals surface area contributed by atoms with Gasteiger partial charge in [0.05, 0.1) is 12.6 Å². The summed E-state index contributed by atoms with van der Waals surface area (Å²) in [4.78, 5) is 52.5. The number of amides is 2. The number of benzene rings is 3. The second-order valence-corrected chi connectivity index (χ2v) is 14.9. The number of hydrogen-bond acceptors (Lipinski definition) is 11. The Morgan fingerprint density at radius 2 is 1.56 bits per heavy atom. The second-order valence-electron chi connectivity index (χ2n) is 13.0. The van der Waals surface area contributed by atoms with Crippen LogP contribution in [-0.4, -0.2) is 75.6 Å². The van der Waals surface area contributed by atoms with Crippen LogP contribution in [0, 0.1) is 0 Å². The van der Waals surface area contributed by atoms with E-state index in [1.54, 1.807) is 32.2 Å². The Kier molecular flexibility index (Phi) is 10.9. The summed E-state index contributed by atoms with van der Waals surface area (Å²) < 4.78 is 5.62. The number of allylic oxidation sites excluding steroid dienone is 1. The van der Waals surface area contributed by atoms with Crippen molar-refractivity contribution in [1.29, 1.82) is 0 Å². The van der Waals surface area contributed by atoms with E-state index >= 15 is 0 Å². The number of carbonyl (C=O) groups excluding carboxylic acids is 3. The third-order valence-corrected chi connectivity index (χ3v) is 10.3. The molecule has 3 N–H and O–H groups in total. The van der Waals surface area contributed by atoms with Crippen LogP contribution in [0.25, 0.3) is 0 Å². The lowest BCUT2D eigenvalue weighted by Crippen LogP contribution is -2.73. The molecule has 0 spiro atoms. The number of aliphatic hydroxyl groups excluding tert-OH is 1. The minimum absolute atomic E-state index is 0.0797. The van der Waals surface area contributed by atoms with Gasteiger partial charge in [0.2, 0.25) is 0 Å². The first-order chi connectivity index (χ1) is 25.1. The van der Waals surface area contributed by atoms with Crippen molar-refractivity contribution >= 4 is 51.7 Å². The molecular weight excluding hydrogens is 699 g/mol. The van der Waals surface area contributed by atoms with E-state index in [2.05, 4.69) is 52.2 Å². The highest BCUT2D eigenvalue weighted by Gasteiger charge is 2.54. The van der Waals surface area contributed by atoms with Crippen LogP contribution in [0.5, 0.6) is 0 Å². The first-order valence-electron chi connectivity index (χ1n) is 16.6. The number of hydrogen-bond donors (Lipinski definition) is 3. The Morgan fingerprint density at radius 1 is 0.981 bits per heavy atom. The van der Waals surface area contributed by atoms with Gasteiger partial charge in [0.15, 0.2) is 10.8 Å². The van der Waals surface area contributed by atoms with Crippen LogP contribution in [0.15, 0.2) is 124 Å². The van der Waals surface area contributed by atoms with E-state index in [1.165, 1.54) is 41.2 Å². The van der Waals surface area contributed by atoms with Gasteiger partial charge in [-0.3, -0.25) is 14.5 Å². The Bertz CT molecular complexity index is 1910. The molecule has 2 atom stereocenters. The molecule has 0 saturated carbocycles. The fourth-order valence-corrected chi connectivity index (χ4v) is 8.16. The highest BCUT2D eigenvalue weighted by atomic mass is 32.2. The third kappa shape index (κ3) is 7.38. The normalized spacial score (nSPS) is 17.8. The van der Waals surface area contributed by atoms with Crippen molar-refractivity contribution in [3.8, 4) is 0 Å². The molecule has 1 saturated heterocycles. The first-order valence-corrected chi connectivity index (χ1v) is 18.5. The zero-order chi connectivity index (χ0) is 36.9. The quantitative estimate of drug-likeness (QED) is 0.0570. The van der Waals surface area contributed by atoms with Gasteiger partial charge in [-0.1, -0.05) is 102 Å². The summed E-state index contributed by atoms with van der Waals surface area (Å²) in [5, 5.41) is 22.1. The van der Waals surface area contributed by atoms with E-state index in [-0.39, 0.29) is 23.7 Å². The molecular formula is C39H39N5O6S2. The van der Waals surface area contributed by atoms with Crippen molar-refractivity contribution < 1.29 is 29.1 Å². The SMILES string of the molecule is CON=C(C(=O)NC1C(=O)N2C(C(=O)OC(C)(C)C)=C(/C=C/CO)SCC12)c1csc(NC(c2ccccc2)(c2ccccc2)c2ccccc2)n1. The summed E-state index contributed by atoms with van der Waals surface area (Å²) in [6, 6.07) is 28.8. The smallest absolute Gasteiger partial charge is 0.356 e. The molecule has 2 aliphatic heterocycles. The van der Waals surface area contributed by atoms with Gasteiger partial charge < -0.3 is 25.3 Å². The van der Waals surface area contributed by atoms with Crippen molar-refractivity contribution in [3.05, 3.63) is 142 Å². The van der Waals surface area contributed by atoms with E-state index in [0.29, 0.717) is 15.8 Å². The average Bonchev–Trinajstić information content (AvgIpc) is 3.61. The predicted octanol–water partition coefficient (Wildman–Crippen LogP) is 5.44. The predicted molar refractivity (Wildman–Crippen MR) is 203 cm³/mol. The first kappa shape index (κ1) is 36.5. The fraction of sp³-hybridized carbons (Fsp3) is 0.256. The van der Waals surface area contributed by atoms with Crippen LogP contribution in [0.2, 0.25) is 0 Å². The molecule has 268 valence electrons. The topological polar surface area (TPSA) is 142 Å². The van der Waals surface area contributed by atoms with Gasteiger partial charge in [-0.15, -0.1) is 23.1 Å². The maximum absolute atomic E-state index is 13.8. The number of nitrogens with zero attached hydrogens (tertiary/aromatic N) is 3. The van der Waals surface area contributed by atoms with Crippen LogP contribution in [-0.2, 0) is 29.5 Å². The molecule has 0 radical (unpaired) electrons. The lowest BCUT2D eigenvalue weighted by Gasteiger charge is -2.50. The molecule has 1 fully saturated rings. The number of rotatable bonds is 12. The van der Waals surface area contributed by atoms with Crippen LogP contribution in [0.3, 0.4) is 0 Å². The maximum atomic E-state index is 13.8. The lowest BCUT2D eigenvalue weighted by atomic mass is 9.77. The minimum atomic E-state index is -0.930. The standard InChI is InChI=1S/C39H39N5O6S2/c1-38(2,3)50-36(48)33-30(21-14-22-45)51-24-29-32(35(47)44(29)33)41-34(46)31(43-49-4)28-23-52-37(40-28)42-39(25-15-8-5-9-16-25,26-17-10-6-11-18-26)27-19-12-7-13-20-27/h5-21,23,29,32,45H,22,24H2,1-4H3,(H,40,42)(H,41,46)/b21-14+,43-31?. The molecule has 0 bridgehead atoms. The van der Waals surface area contributed by atoms with E-state index in [9.17, 15) is 19.5 Å². The summed E-state index contributed by atoms with van der Waals surface area (Å²) in [5.74, 6) is -1.39. The van der Waals surface area contributed by atoms with E-state index in [1.807, 2.05) is 54.6 Å². The molecule has 11 nitrogen and oxygen atoms in total. The summed E-state index contributed by atoms with van der Waals surface area (Å²) in [7, 11) is 1.33. The van der Waals surface area contributed by atoms with Gasteiger partial charge in [0, 0.05) is 16.0 Å². The van der Waals surface area contributed by atoms with Crippen molar-refractivity contribution in [1.82, 2.24) is 15.2 Å². The number of ether oxygens (including phenoxy) is 1. The zero-order valence-corrected chi connectivity index (χ0v) is 30.7. The number of aliphatic hydroxyl groups is 1. The Labute approximate surface area is 310 Å². The fourth-order valence-electron chi connectivity index (χ4n) is 6.21. The van der Waals surface area contributed by atoms with Gasteiger partial charge in [-0.05, 0) is 43.5 Å². The molecule has 2 unspecified atom stereocenters. The van der Waals surface area contributed by atoms with Crippen molar-refractivity contribution in [3.63, 3.8) is 0 Å². The minimum Gasteiger partial charge on any atom is -0.455 e. The van der Waals surface area contributed by atoms with Crippen LogP contribution >= 0.6 is 23.1 Å². The highest BCUT2D eigenvalue weighted by molar-refractivity contribution is 8.03. The van der Waals surface area contributed by atoms with E-state index in [0.717, 1.165) is 16.7 Å². The third-order valence-electron chi connectivity index (χ3n) is 8.42. The van der Waals surface area contributed by atoms with Crippen molar-refractivity contribution in [2.75, 3.05) is 24.8 Å². The number of anilines is 1. The maximum Gasteiger partial charge on any atom is 0.356 e. The average molecular weight is 738 g/mol. The molecule has 3 aromatic carbocycles. The number of fused-ring (bicyclic) bond motifs is 1. The largest absolute Gasteiger partial charge is 0.455 e. The zero-order valence-electron chi connectivity index (χ0n) is 29.1. The number of carbonyl (C=O) groups is 3. The molecule has 6 rings (SSSR count).